The van der Waals surface area contributed by atoms with Crippen molar-refractivity contribution in [3.63, 3.8) is 0 Å². The fourth-order valence-electron chi connectivity index (χ4n) is 1.78. The number of nitrogens with one attached hydrogen (secondary N) is 1. The molecule has 1 aromatic heterocycles. The van der Waals surface area contributed by atoms with Crippen molar-refractivity contribution in [2.75, 3.05) is 13.1 Å². The van der Waals surface area contributed by atoms with Crippen molar-refractivity contribution in [3.8, 4) is 0 Å². The first-order valence-electron chi connectivity index (χ1n) is 4.86. The highest BCUT2D eigenvalue weighted by molar-refractivity contribution is 7.09. The van der Waals surface area contributed by atoms with E-state index in [-0.39, 0.29) is 0 Å². The Hall–Kier alpha value is -0.410. The molecule has 1 saturated heterocycles. The highest BCUT2D eigenvalue weighted by Crippen LogP contribution is 2.31. The first kappa shape index (κ1) is 9.16. The van der Waals surface area contributed by atoms with Crippen molar-refractivity contribution in [1.29, 1.82) is 0 Å². The van der Waals surface area contributed by atoms with Crippen molar-refractivity contribution in [1.82, 2.24) is 10.3 Å². The lowest BCUT2D eigenvalue weighted by molar-refractivity contribution is 0.160. The van der Waals surface area contributed by atoms with Crippen LogP contribution in [0, 0.1) is 12.3 Å². The molecule has 1 aliphatic heterocycles. The van der Waals surface area contributed by atoms with Gasteiger partial charge in [-0.15, -0.1) is 11.3 Å². The average molecular weight is 196 g/mol. The van der Waals surface area contributed by atoms with Crippen LogP contribution in [0.4, 0.5) is 0 Å². The van der Waals surface area contributed by atoms with E-state index in [9.17, 15) is 0 Å². The molecule has 72 valence electrons. The summed E-state index contributed by atoms with van der Waals surface area (Å²) in [7, 11) is 0. The van der Waals surface area contributed by atoms with Gasteiger partial charge < -0.3 is 5.32 Å². The third kappa shape index (κ3) is 1.76. The summed E-state index contributed by atoms with van der Waals surface area (Å²) in [6, 6.07) is 0. The van der Waals surface area contributed by atoms with Crippen molar-refractivity contribution >= 4 is 11.3 Å². The number of hydrogen-bond donors (Lipinski definition) is 1. The number of aryl methyl sites for hydroxylation is 1. The molecule has 1 aliphatic rings. The number of aromatic nitrogens is 1. The first-order valence-corrected chi connectivity index (χ1v) is 5.74. The van der Waals surface area contributed by atoms with Crippen molar-refractivity contribution in [2.45, 2.75) is 26.7 Å². The quantitative estimate of drug-likeness (QED) is 0.799. The highest BCUT2D eigenvalue weighted by atomic mass is 32.1. The van der Waals surface area contributed by atoms with Crippen LogP contribution in [0.2, 0.25) is 0 Å². The fourth-order valence-corrected chi connectivity index (χ4v) is 2.73. The van der Waals surface area contributed by atoms with E-state index in [4.69, 9.17) is 0 Å². The van der Waals surface area contributed by atoms with Gasteiger partial charge in [0.05, 0.1) is 5.01 Å². The molecule has 0 amide bonds. The first-order chi connectivity index (χ1) is 6.24. The second-order valence-electron chi connectivity index (χ2n) is 4.02. The maximum absolute atomic E-state index is 4.52. The molecule has 3 heteroatoms. The van der Waals surface area contributed by atoms with E-state index in [2.05, 4.69) is 29.5 Å². The van der Waals surface area contributed by atoms with Gasteiger partial charge in [-0.25, -0.2) is 4.98 Å². The Kier molecular flexibility index (Phi) is 2.39. The highest BCUT2D eigenvalue weighted by Gasteiger charge is 2.35. The number of hydrogen-bond acceptors (Lipinski definition) is 3. The van der Waals surface area contributed by atoms with Gasteiger partial charge in [0.25, 0.3) is 0 Å². The topological polar surface area (TPSA) is 24.9 Å². The van der Waals surface area contributed by atoms with Gasteiger partial charge in [0.15, 0.2) is 0 Å². The second-order valence-corrected chi connectivity index (χ2v) is 4.96. The molecule has 0 aromatic carbocycles. The minimum Gasteiger partial charge on any atom is -0.316 e. The van der Waals surface area contributed by atoms with Gasteiger partial charge in [0.1, 0.15) is 0 Å². The van der Waals surface area contributed by atoms with Gasteiger partial charge in [-0.05, 0) is 13.3 Å². The maximum atomic E-state index is 4.52. The second kappa shape index (κ2) is 3.39. The summed E-state index contributed by atoms with van der Waals surface area (Å²) in [6.45, 7) is 6.68. The summed E-state index contributed by atoms with van der Waals surface area (Å²) in [5.41, 5.74) is 1.68. The van der Waals surface area contributed by atoms with Gasteiger partial charge in [-0.2, -0.15) is 0 Å². The molecule has 2 rings (SSSR count). The van der Waals surface area contributed by atoms with Gasteiger partial charge in [0.2, 0.25) is 0 Å². The molecule has 2 nitrogen and oxygen atoms in total. The summed E-state index contributed by atoms with van der Waals surface area (Å²) in [5, 5.41) is 6.81. The number of nitrogens with zero attached hydrogens (tertiary/aromatic N) is 1. The summed E-state index contributed by atoms with van der Waals surface area (Å²) in [5.74, 6) is 0. The van der Waals surface area contributed by atoms with E-state index >= 15 is 0 Å². The maximum Gasteiger partial charge on any atom is 0.0934 e. The Bertz CT molecular complexity index is 283. The molecular formula is C10H16N2S. The third-order valence-corrected chi connectivity index (χ3v) is 3.91. The van der Waals surface area contributed by atoms with Crippen molar-refractivity contribution < 1.29 is 0 Å². The smallest absolute Gasteiger partial charge is 0.0934 e. The average Bonchev–Trinajstić information content (AvgIpc) is 2.44. The zero-order valence-electron chi connectivity index (χ0n) is 8.26. The van der Waals surface area contributed by atoms with Crippen LogP contribution in [0.1, 0.15) is 24.0 Å². The predicted molar refractivity (Wildman–Crippen MR) is 56.1 cm³/mol. The van der Waals surface area contributed by atoms with E-state index in [0.29, 0.717) is 5.41 Å². The Balaban J connectivity index is 2.04. The zero-order chi connectivity index (χ0) is 9.31. The van der Waals surface area contributed by atoms with Crippen LogP contribution in [0.5, 0.6) is 0 Å². The standard InChI is InChI=1S/C10H16N2S/c1-3-10(6-11-7-10)4-9-12-8(2)5-13-9/h5,11H,3-4,6-7H2,1-2H3. The molecule has 0 spiro atoms. The monoisotopic (exact) mass is 196 g/mol. The molecule has 0 bridgehead atoms. The van der Waals surface area contributed by atoms with Gasteiger partial charge >= 0.3 is 0 Å². The SMILES string of the molecule is CCC1(Cc2nc(C)cs2)CNC1. The van der Waals surface area contributed by atoms with E-state index in [1.54, 1.807) is 11.3 Å². The minimum atomic E-state index is 0.518. The molecule has 0 unspecified atom stereocenters. The molecule has 2 heterocycles. The summed E-state index contributed by atoms with van der Waals surface area (Å²) in [4.78, 5) is 4.52. The Morgan fingerprint density at radius 1 is 1.62 bits per heavy atom. The molecule has 0 aliphatic carbocycles. The van der Waals surface area contributed by atoms with E-state index in [1.165, 1.54) is 30.2 Å². The Morgan fingerprint density at radius 3 is 2.77 bits per heavy atom. The van der Waals surface area contributed by atoms with Crippen LogP contribution in [-0.2, 0) is 6.42 Å². The van der Waals surface area contributed by atoms with Crippen LogP contribution in [0.15, 0.2) is 5.38 Å². The molecule has 0 radical (unpaired) electrons. The van der Waals surface area contributed by atoms with Crippen LogP contribution in [0.25, 0.3) is 0 Å². The number of thiazole rings is 1. The van der Waals surface area contributed by atoms with E-state index in [0.717, 1.165) is 6.42 Å². The van der Waals surface area contributed by atoms with Crippen LogP contribution < -0.4 is 5.32 Å². The predicted octanol–water partition coefficient (Wildman–Crippen LogP) is 1.99. The molecule has 1 aromatic rings. The van der Waals surface area contributed by atoms with Crippen LogP contribution in [0.3, 0.4) is 0 Å². The van der Waals surface area contributed by atoms with Crippen molar-refractivity contribution in [2.24, 2.45) is 5.41 Å². The lowest BCUT2D eigenvalue weighted by Gasteiger charge is -2.41. The van der Waals surface area contributed by atoms with E-state index in [1.807, 2.05) is 0 Å². The van der Waals surface area contributed by atoms with Crippen LogP contribution in [-0.4, -0.2) is 18.1 Å². The molecule has 1 fully saturated rings. The Morgan fingerprint density at radius 2 is 2.38 bits per heavy atom. The molecular weight excluding hydrogens is 180 g/mol. The lowest BCUT2D eigenvalue weighted by atomic mass is 9.76. The normalized spacial score (nSPS) is 19.8. The van der Waals surface area contributed by atoms with Gasteiger partial charge in [-0.1, -0.05) is 6.92 Å². The fraction of sp³-hybridized carbons (Fsp3) is 0.700. The largest absolute Gasteiger partial charge is 0.316 e. The van der Waals surface area contributed by atoms with Crippen molar-refractivity contribution in [3.05, 3.63) is 16.1 Å². The zero-order valence-corrected chi connectivity index (χ0v) is 9.08. The summed E-state index contributed by atoms with van der Waals surface area (Å²) in [6.07, 6.45) is 2.42. The molecule has 13 heavy (non-hydrogen) atoms. The van der Waals surface area contributed by atoms with Gasteiger partial charge in [0, 0.05) is 36.0 Å². The van der Waals surface area contributed by atoms with Crippen LogP contribution >= 0.6 is 11.3 Å². The van der Waals surface area contributed by atoms with E-state index < -0.39 is 0 Å². The minimum absolute atomic E-state index is 0.518. The third-order valence-electron chi connectivity index (χ3n) is 2.94. The molecule has 1 N–H and O–H groups in total. The summed E-state index contributed by atoms with van der Waals surface area (Å²) >= 11 is 1.80. The molecule has 0 saturated carbocycles. The lowest BCUT2D eigenvalue weighted by Crippen LogP contribution is -2.54. The molecule has 0 atom stereocenters. The number of rotatable bonds is 3. The van der Waals surface area contributed by atoms with Gasteiger partial charge in [-0.3, -0.25) is 0 Å². The Labute approximate surface area is 83.4 Å². The summed E-state index contributed by atoms with van der Waals surface area (Å²) < 4.78 is 0.